The van der Waals surface area contributed by atoms with Gasteiger partial charge in [0, 0.05) is 18.3 Å². The quantitative estimate of drug-likeness (QED) is 0.903. The lowest BCUT2D eigenvalue weighted by Crippen LogP contribution is -2.13. The monoisotopic (exact) mass is 277 g/mol. The Morgan fingerprint density at radius 2 is 2.16 bits per heavy atom. The summed E-state index contributed by atoms with van der Waals surface area (Å²) >= 11 is 1.47. The van der Waals surface area contributed by atoms with Crippen LogP contribution in [0.5, 0.6) is 0 Å². The first-order valence-electron chi connectivity index (χ1n) is 6.47. The van der Waals surface area contributed by atoms with Crippen LogP contribution in [0.25, 0.3) is 0 Å². The second kappa shape index (κ2) is 5.48. The van der Waals surface area contributed by atoms with Crippen molar-refractivity contribution in [3.8, 4) is 0 Å². The fraction of sp³-hybridized carbons (Fsp3) is 0.500. The summed E-state index contributed by atoms with van der Waals surface area (Å²) in [7, 11) is 0. The van der Waals surface area contributed by atoms with Crippen molar-refractivity contribution < 1.29 is 4.79 Å². The number of amides is 1. The topological polar surface area (TPSA) is 83.6 Å². The first kappa shape index (κ1) is 12.3. The molecule has 100 valence electrons. The van der Waals surface area contributed by atoms with Gasteiger partial charge in [-0.3, -0.25) is 10.1 Å². The number of carbonyl (C=O) groups excluding carboxylic acids is 1. The van der Waals surface area contributed by atoms with Crippen LogP contribution < -0.4 is 5.32 Å². The van der Waals surface area contributed by atoms with Gasteiger partial charge < -0.3 is 4.98 Å². The summed E-state index contributed by atoms with van der Waals surface area (Å²) in [5.74, 6) is 0.520. The van der Waals surface area contributed by atoms with Gasteiger partial charge in [-0.2, -0.15) is 0 Å². The summed E-state index contributed by atoms with van der Waals surface area (Å²) < 4.78 is 0. The summed E-state index contributed by atoms with van der Waals surface area (Å²) in [6, 6.07) is 0. The molecule has 2 aromatic heterocycles. The molecule has 0 spiro atoms. The first-order valence-corrected chi connectivity index (χ1v) is 7.29. The molecule has 1 fully saturated rings. The smallest absolute Gasteiger partial charge is 0.293 e. The summed E-state index contributed by atoms with van der Waals surface area (Å²) in [5.41, 5.74) is 0. The summed E-state index contributed by atoms with van der Waals surface area (Å²) in [6.45, 7) is 0. The van der Waals surface area contributed by atoms with Gasteiger partial charge in [-0.25, -0.2) is 4.98 Å². The second-order valence-corrected chi connectivity index (χ2v) is 5.68. The van der Waals surface area contributed by atoms with Gasteiger partial charge in [0.1, 0.15) is 5.01 Å². The standard InChI is InChI=1S/C12H15N5OS/c18-10(9-13-6-7-14-9)15-12-17-16-11(19-12)8-4-2-1-3-5-8/h6-8H,1-5H2,(H,13,14)(H,15,17,18). The van der Waals surface area contributed by atoms with Crippen LogP contribution in [0.4, 0.5) is 5.13 Å². The number of hydrogen-bond acceptors (Lipinski definition) is 5. The normalized spacial score (nSPS) is 16.4. The van der Waals surface area contributed by atoms with E-state index in [-0.39, 0.29) is 11.7 Å². The summed E-state index contributed by atoms with van der Waals surface area (Å²) in [4.78, 5) is 18.5. The van der Waals surface area contributed by atoms with Gasteiger partial charge >= 0.3 is 0 Å². The molecule has 3 rings (SSSR count). The van der Waals surface area contributed by atoms with E-state index >= 15 is 0 Å². The van der Waals surface area contributed by atoms with E-state index in [0.29, 0.717) is 11.0 Å². The molecule has 6 nitrogen and oxygen atoms in total. The van der Waals surface area contributed by atoms with Gasteiger partial charge in [0.05, 0.1) is 0 Å². The Hall–Kier alpha value is -1.76. The number of hydrogen-bond donors (Lipinski definition) is 2. The highest BCUT2D eigenvalue weighted by molar-refractivity contribution is 7.15. The molecule has 0 aromatic carbocycles. The lowest BCUT2D eigenvalue weighted by molar-refractivity contribution is 0.101. The van der Waals surface area contributed by atoms with Gasteiger partial charge in [0.25, 0.3) is 5.91 Å². The van der Waals surface area contributed by atoms with Crippen LogP contribution >= 0.6 is 11.3 Å². The maximum absolute atomic E-state index is 11.8. The van der Waals surface area contributed by atoms with Crippen molar-refractivity contribution in [2.24, 2.45) is 0 Å². The molecule has 19 heavy (non-hydrogen) atoms. The Kier molecular flexibility index (Phi) is 3.54. The minimum atomic E-state index is -0.281. The van der Waals surface area contributed by atoms with Gasteiger partial charge in [-0.05, 0) is 12.8 Å². The average molecular weight is 277 g/mol. The highest BCUT2D eigenvalue weighted by atomic mass is 32.1. The third-order valence-electron chi connectivity index (χ3n) is 3.33. The van der Waals surface area contributed by atoms with Crippen molar-refractivity contribution in [3.05, 3.63) is 23.2 Å². The number of aromatic nitrogens is 4. The van der Waals surface area contributed by atoms with Gasteiger partial charge in [0.2, 0.25) is 5.13 Å². The van der Waals surface area contributed by atoms with E-state index in [0.717, 1.165) is 5.01 Å². The fourth-order valence-corrected chi connectivity index (χ4v) is 3.25. The van der Waals surface area contributed by atoms with Crippen LogP contribution in [-0.2, 0) is 0 Å². The molecular weight excluding hydrogens is 262 g/mol. The molecule has 0 bridgehead atoms. The minimum Gasteiger partial charge on any atom is -0.341 e. The molecule has 2 N–H and O–H groups in total. The van der Waals surface area contributed by atoms with Crippen LogP contribution in [0.1, 0.15) is 53.6 Å². The van der Waals surface area contributed by atoms with Crippen LogP contribution in [0.2, 0.25) is 0 Å². The molecule has 1 amide bonds. The zero-order valence-corrected chi connectivity index (χ0v) is 11.2. The van der Waals surface area contributed by atoms with Crippen LogP contribution in [0, 0.1) is 0 Å². The second-order valence-electron chi connectivity index (χ2n) is 4.67. The Morgan fingerprint density at radius 1 is 1.32 bits per heavy atom. The number of imidazole rings is 1. The lowest BCUT2D eigenvalue weighted by Gasteiger charge is -2.18. The predicted molar refractivity (Wildman–Crippen MR) is 72.3 cm³/mol. The van der Waals surface area contributed by atoms with Crippen molar-refractivity contribution in [2.45, 2.75) is 38.0 Å². The molecule has 7 heteroatoms. The largest absolute Gasteiger partial charge is 0.341 e. The van der Waals surface area contributed by atoms with Gasteiger partial charge in [-0.1, -0.05) is 30.6 Å². The molecule has 1 aliphatic carbocycles. The maximum atomic E-state index is 11.8. The first-order chi connectivity index (χ1) is 9.33. The third kappa shape index (κ3) is 2.81. The fourth-order valence-electron chi connectivity index (χ4n) is 2.35. The number of H-pyrrole nitrogens is 1. The average Bonchev–Trinajstić information content (AvgIpc) is 3.11. The molecule has 0 atom stereocenters. The minimum absolute atomic E-state index is 0.281. The van der Waals surface area contributed by atoms with Gasteiger partial charge in [0.15, 0.2) is 5.82 Å². The van der Waals surface area contributed by atoms with E-state index in [4.69, 9.17) is 0 Å². The molecule has 0 radical (unpaired) electrons. The lowest BCUT2D eigenvalue weighted by atomic mass is 9.90. The Bertz CT molecular complexity index is 544. The molecule has 2 heterocycles. The molecule has 1 saturated carbocycles. The number of nitrogens with zero attached hydrogens (tertiary/aromatic N) is 3. The molecule has 0 aliphatic heterocycles. The van der Waals surface area contributed by atoms with Crippen molar-refractivity contribution in [1.82, 2.24) is 20.2 Å². The zero-order chi connectivity index (χ0) is 13.1. The number of anilines is 1. The van der Waals surface area contributed by atoms with E-state index in [9.17, 15) is 4.79 Å². The molecule has 1 aliphatic rings. The Labute approximate surface area is 114 Å². The number of aromatic amines is 1. The predicted octanol–water partition coefficient (Wildman–Crippen LogP) is 2.56. The van der Waals surface area contributed by atoms with Crippen molar-refractivity contribution in [1.29, 1.82) is 0 Å². The van der Waals surface area contributed by atoms with E-state index in [1.54, 1.807) is 12.4 Å². The SMILES string of the molecule is O=C(Nc1nnc(C2CCCCC2)s1)c1ncc[nH]1. The Morgan fingerprint density at radius 3 is 2.89 bits per heavy atom. The highest BCUT2D eigenvalue weighted by Crippen LogP contribution is 2.35. The number of carbonyl (C=O) groups is 1. The summed E-state index contributed by atoms with van der Waals surface area (Å²) in [5, 5.41) is 12.5. The van der Waals surface area contributed by atoms with Crippen LogP contribution in [0.15, 0.2) is 12.4 Å². The van der Waals surface area contributed by atoms with Gasteiger partial charge in [-0.15, -0.1) is 10.2 Å². The molecule has 0 unspecified atom stereocenters. The summed E-state index contributed by atoms with van der Waals surface area (Å²) in [6.07, 6.45) is 9.36. The van der Waals surface area contributed by atoms with Crippen molar-refractivity contribution in [3.63, 3.8) is 0 Å². The van der Waals surface area contributed by atoms with E-state index in [1.807, 2.05) is 0 Å². The Balaban J connectivity index is 1.66. The van der Waals surface area contributed by atoms with E-state index < -0.39 is 0 Å². The van der Waals surface area contributed by atoms with E-state index in [2.05, 4.69) is 25.5 Å². The van der Waals surface area contributed by atoms with Crippen molar-refractivity contribution in [2.75, 3.05) is 5.32 Å². The molecule has 2 aromatic rings. The zero-order valence-electron chi connectivity index (χ0n) is 10.4. The maximum Gasteiger partial charge on any atom is 0.293 e. The van der Waals surface area contributed by atoms with Crippen LogP contribution in [-0.4, -0.2) is 26.1 Å². The number of nitrogens with one attached hydrogen (secondary N) is 2. The van der Waals surface area contributed by atoms with E-state index in [1.165, 1.54) is 43.4 Å². The number of rotatable bonds is 3. The van der Waals surface area contributed by atoms with Crippen molar-refractivity contribution >= 4 is 22.4 Å². The molecular formula is C12H15N5OS. The molecule has 0 saturated heterocycles. The third-order valence-corrected chi connectivity index (χ3v) is 4.33. The highest BCUT2D eigenvalue weighted by Gasteiger charge is 2.20. The van der Waals surface area contributed by atoms with Crippen LogP contribution in [0.3, 0.4) is 0 Å².